The van der Waals surface area contributed by atoms with Crippen LogP contribution < -0.4 is 20.1 Å². The monoisotopic (exact) mass is 635 g/mol. The van der Waals surface area contributed by atoms with Gasteiger partial charge in [0.15, 0.2) is 0 Å². The molecule has 0 saturated carbocycles. The zero-order chi connectivity index (χ0) is 33.1. The second-order valence-electron chi connectivity index (χ2n) is 12.8. The van der Waals surface area contributed by atoms with Gasteiger partial charge in [-0.05, 0) is 63.1 Å². The van der Waals surface area contributed by atoms with E-state index in [4.69, 9.17) is 19.2 Å². The van der Waals surface area contributed by atoms with Gasteiger partial charge in [-0.3, -0.25) is 9.13 Å². The van der Waals surface area contributed by atoms with Gasteiger partial charge in [0.05, 0.1) is 11.0 Å². The number of pyridine rings is 1. The smallest absolute Gasteiger partial charge is 0.410 e. The minimum atomic E-state index is -0.544. The predicted molar refractivity (Wildman–Crippen MR) is 182 cm³/mol. The molecule has 10 nitrogen and oxygen atoms in total. The minimum Gasteiger partial charge on any atom is -0.473 e. The molecule has 0 radical (unpaired) electrons. The maximum absolute atomic E-state index is 13.8. The van der Waals surface area contributed by atoms with Crippen molar-refractivity contribution >= 4 is 22.8 Å². The summed E-state index contributed by atoms with van der Waals surface area (Å²) < 4.78 is 21.2. The average Bonchev–Trinajstić information content (AvgIpc) is 3.31. The van der Waals surface area contributed by atoms with Crippen molar-refractivity contribution < 1.29 is 19.0 Å². The summed E-state index contributed by atoms with van der Waals surface area (Å²) in [5.41, 5.74) is 4.24. The van der Waals surface area contributed by atoms with Crippen LogP contribution in [0, 0.1) is 0 Å². The van der Waals surface area contributed by atoms with Gasteiger partial charge < -0.3 is 24.0 Å². The molecule has 6 rings (SSSR count). The Morgan fingerprint density at radius 2 is 1.51 bits per heavy atom. The SMILES string of the molecule is C[C@H]1CN(C(=O)OC(C)(C)C)CCN1c1ccc2c(c1)n(C)c(=O)n2-c1ccc(OCc2ccccc2)nc1OCc1ccccc1. The fraction of sp³-hybridized carbons (Fsp3) is 0.324. The second-order valence-corrected chi connectivity index (χ2v) is 12.8. The number of hydrogen-bond donors (Lipinski definition) is 0. The Morgan fingerprint density at radius 3 is 2.15 bits per heavy atom. The van der Waals surface area contributed by atoms with Crippen LogP contribution in [0.4, 0.5) is 10.5 Å². The van der Waals surface area contributed by atoms with Gasteiger partial charge in [0.2, 0.25) is 11.8 Å². The van der Waals surface area contributed by atoms with Crippen LogP contribution in [-0.4, -0.2) is 56.4 Å². The summed E-state index contributed by atoms with van der Waals surface area (Å²) in [6, 6.07) is 29.4. The van der Waals surface area contributed by atoms with E-state index in [0.717, 1.165) is 27.8 Å². The Bertz CT molecular complexity index is 1910. The molecule has 3 aromatic carbocycles. The van der Waals surface area contributed by atoms with E-state index in [1.165, 1.54) is 0 Å². The number of imidazole rings is 1. The van der Waals surface area contributed by atoms with Gasteiger partial charge in [0, 0.05) is 44.5 Å². The molecule has 1 fully saturated rings. The molecule has 1 aliphatic rings. The largest absolute Gasteiger partial charge is 0.473 e. The predicted octanol–water partition coefficient (Wildman–Crippen LogP) is 6.33. The molecular weight excluding hydrogens is 594 g/mol. The summed E-state index contributed by atoms with van der Waals surface area (Å²) in [6.07, 6.45) is -0.297. The van der Waals surface area contributed by atoms with Crippen molar-refractivity contribution in [2.45, 2.75) is 52.6 Å². The normalized spacial score (nSPS) is 15.1. The van der Waals surface area contributed by atoms with Crippen LogP contribution >= 0.6 is 0 Å². The number of carbonyl (C=O) groups excluding carboxylic acids is 1. The summed E-state index contributed by atoms with van der Waals surface area (Å²) in [5.74, 6) is 0.695. The first kappa shape index (κ1) is 31.7. The molecule has 10 heteroatoms. The molecule has 2 aromatic heterocycles. The molecule has 1 amide bonds. The van der Waals surface area contributed by atoms with Crippen molar-refractivity contribution in [3.8, 4) is 17.4 Å². The summed E-state index contributed by atoms with van der Waals surface area (Å²) in [6.45, 7) is 10.1. The first-order valence-electron chi connectivity index (χ1n) is 15.9. The lowest BCUT2D eigenvalue weighted by molar-refractivity contribution is 0.0219. The van der Waals surface area contributed by atoms with Crippen LogP contribution in [0.5, 0.6) is 11.8 Å². The van der Waals surface area contributed by atoms with E-state index in [-0.39, 0.29) is 24.4 Å². The van der Waals surface area contributed by atoms with E-state index in [1.807, 2.05) is 106 Å². The van der Waals surface area contributed by atoms with E-state index >= 15 is 0 Å². The fourth-order valence-electron chi connectivity index (χ4n) is 5.80. The van der Waals surface area contributed by atoms with Gasteiger partial charge in [-0.2, -0.15) is 4.98 Å². The van der Waals surface area contributed by atoms with Gasteiger partial charge in [0.25, 0.3) is 0 Å². The maximum atomic E-state index is 13.8. The van der Waals surface area contributed by atoms with Gasteiger partial charge in [-0.15, -0.1) is 0 Å². The molecule has 0 bridgehead atoms. The van der Waals surface area contributed by atoms with Crippen molar-refractivity contribution in [3.63, 3.8) is 0 Å². The highest BCUT2D eigenvalue weighted by Crippen LogP contribution is 2.31. The van der Waals surface area contributed by atoms with Crippen molar-refractivity contribution in [2.75, 3.05) is 24.5 Å². The molecular formula is C37H41N5O5. The molecule has 1 aliphatic heterocycles. The van der Waals surface area contributed by atoms with Crippen molar-refractivity contribution in [1.29, 1.82) is 0 Å². The van der Waals surface area contributed by atoms with E-state index in [1.54, 1.807) is 27.1 Å². The van der Waals surface area contributed by atoms with Gasteiger partial charge in [-0.25, -0.2) is 9.59 Å². The number of ether oxygens (including phenoxy) is 3. The van der Waals surface area contributed by atoms with Crippen LogP contribution in [0.25, 0.3) is 16.7 Å². The maximum Gasteiger partial charge on any atom is 0.410 e. The molecule has 1 saturated heterocycles. The Labute approximate surface area is 274 Å². The molecule has 5 aromatic rings. The average molecular weight is 636 g/mol. The number of piperazine rings is 1. The fourth-order valence-corrected chi connectivity index (χ4v) is 5.80. The van der Waals surface area contributed by atoms with E-state index in [2.05, 4.69) is 11.8 Å². The summed E-state index contributed by atoms with van der Waals surface area (Å²) in [4.78, 5) is 35.3. The van der Waals surface area contributed by atoms with Crippen molar-refractivity contribution in [3.05, 3.63) is 113 Å². The number of carbonyl (C=O) groups is 1. The summed E-state index contributed by atoms with van der Waals surface area (Å²) in [7, 11) is 1.77. The molecule has 47 heavy (non-hydrogen) atoms. The van der Waals surface area contributed by atoms with Gasteiger partial charge >= 0.3 is 11.8 Å². The first-order valence-corrected chi connectivity index (χ1v) is 15.9. The Kier molecular flexibility index (Phi) is 8.93. The van der Waals surface area contributed by atoms with Crippen LogP contribution in [-0.2, 0) is 25.0 Å². The van der Waals surface area contributed by atoms with Gasteiger partial charge in [0.1, 0.15) is 24.5 Å². The molecule has 244 valence electrons. The van der Waals surface area contributed by atoms with Crippen LogP contribution in [0.3, 0.4) is 0 Å². The Morgan fingerprint density at radius 1 is 0.851 bits per heavy atom. The highest BCUT2D eigenvalue weighted by atomic mass is 16.6. The van der Waals surface area contributed by atoms with E-state index < -0.39 is 5.60 Å². The second kappa shape index (κ2) is 13.2. The lowest BCUT2D eigenvalue weighted by Gasteiger charge is -2.41. The zero-order valence-electron chi connectivity index (χ0n) is 27.6. The zero-order valence-corrected chi connectivity index (χ0v) is 27.6. The summed E-state index contributed by atoms with van der Waals surface area (Å²) in [5, 5.41) is 0. The van der Waals surface area contributed by atoms with Crippen LogP contribution in [0.2, 0.25) is 0 Å². The number of rotatable bonds is 8. The Hall–Kier alpha value is -5.25. The lowest BCUT2D eigenvalue weighted by atomic mass is 10.1. The molecule has 0 spiro atoms. The number of anilines is 1. The minimum absolute atomic E-state index is 0.0541. The van der Waals surface area contributed by atoms with Crippen molar-refractivity contribution in [2.24, 2.45) is 7.05 Å². The van der Waals surface area contributed by atoms with Gasteiger partial charge in [-0.1, -0.05) is 60.7 Å². The van der Waals surface area contributed by atoms with Crippen molar-refractivity contribution in [1.82, 2.24) is 19.0 Å². The number of aromatic nitrogens is 3. The molecule has 0 N–H and O–H groups in total. The lowest BCUT2D eigenvalue weighted by Crippen LogP contribution is -2.54. The third-order valence-electron chi connectivity index (χ3n) is 8.15. The van der Waals surface area contributed by atoms with E-state index in [0.29, 0.717) is 43.7 Å². The highest BCUT2D eigenvalue weighted by Gasteiger charge is 2.30. The number of nitrogens with zero attached hydrogens (tertiary/aromatic N) is 5. The Balaban J connectivity index is 1.30. The number of aryl methyl sites for hydroxylation is 1. The molecule has 0 aliphatic carbocycles. The molecule has 1 atom stereocenters. The number of amides is 1. The highest BCUT2D eigenvalue weighted by molar-refractivity contribution is 5.83. The van der Waals surface area contributed by atoms with E-state index in [9.17, 15) is 9.59 Å². The topological polar surface area (TPSA) is 91.1 Å². The number of hydrogen-bond acceptors (Lipinski definition) is 7. The molecule has 3 heterocycles. The molecule has 0 unspecified atom stereocenters. The third kappa shape index (κ3) is 7.11. The van der Waals surface area contributed by atoms with Crippen LogP contribution in [0.15, 0.2) is 95.8 Å². The standard InChI is InChI=1S/C37H41N5O5/c1-26-23-40(36(44)47-37(2,3)4)20-21-41(26)29-16-17-30-32(22-29)39(5)35(43)42(30)31-18-19-33(45-24-27-12-8-6-9-13-27)38-34(31)46-25-28-14-10-7-11-15-28/h6-19,22,26H,20-21,23-25H2,1-5H3/t26-/m0/s1. The van der Waals surface area contributed by atoms with Crippen LogP contribution in [0.1, 0.15) is 38.8 Å². The number of benzene rings is 3. The quantitative estimate of drug-likeness (QED) is 0.197. The number of fused-ring (bicyclic) bond motifs is 1. The summed E-state index contributed by atoms with van der Waals surface area (Å²) >= 11 is 0. The first-order chi connectivity index (χ1) is 22.6. The third-order valence-corrected chi connectivity index (χ3v) is 8.15.